The van der Waals surface area contributed by atoms with Crippen LogP contribution in [0.15, 0.2) is 11.8 Å². The van der Waals surface area contributed by atoms with Crippen LogP contribution in [0.2, 0.25) is 0 Å². The zero-order chi connectivity index (χ0) is 11.5. The highest BCUT2D eigenvalue weighted by Gasteiger charge is 2.40. The minimum atomic E-state index is -0.539. The van der Waals surface area contributed by atoms with Crippen LogP contribution in [0.4, 0.5) is 0 Å². The lowest BCUT2D eigenvalue weighted by atomic mass is 9.68. The monoisotopic (exact) mass is 210 g/mol. The fourth-order valence-corrected chi connectivity index (χ4v) is 1.90. The number of hydrogen-bond donors (Lipinski definition) is 0. The molecule has 0 fully saturated rings. The van der Waals surface area contributed by atoms with E-state index < -0.39 is 5.41 Å². The maximum atomic E-state index is 11.9. The van der Waals surface area contributed by atoms with E-state index in [-0.39, 0.29) is 11.7 Å². The predicted octanol–water partition coefficient (Wildman–Crippen LogP) is 2.11. The van der Waals surface area contributed by atoms with E-state index in [0.29, 0.717) is 13.0 Å². The highest BCUT2D eigenvalue weighted by atomic mass is 16.5. The van der Waals surface area contributed by atoms with Crippen molar-refractivity contribution in [3.05, 3.63) is 11.8 Å². The number of ketones is 1. The molecule has 0 aromatic rings. The van der Waals surface area contributed by atoms with Gasteiger partial charge in [0, 0.05) is 24.3 Å². The molecule has 0 spiro atoms. The molecule has 3 nitrogen and oxygen atoms in total. The van der Waals surface area contributed by atoms with E-state index in [2.05, 4.69) is 0 Å². The van der Waals surface area contributed by atoms with Crippen molar-refractivity contribution < 1.29 is 14.3 Å². The lowest BCUT2D eigenvalue weighted by molar-refractivity contribution is -0.130. The molecule has 0 aromatic heterocycles. The Morgan fingerprint density at radius 3 is 2.80 bits per heavy atom. The van der Waals surface area contributed by atoms with Crippen LogP contribution in [0.3, 0.4) is 0 Å². The van der Waals surface area contributed by atoms with E-state index in [0.717, 1.165) is 18.5 Å². The third-order valence-corrected chi connectivity index (χ3v) is 3.29. The molecule has 1 aliphatic rings. The van der Waals surface area contributed by atoms with E-state index in [4.69, 9.17) is 4.74 Å². The summed E-state index contributed by atoms with van der Waals surface area (Å²) in [6.07, 6.45) is 3.41. The van der Waals surface area contributed by atoms with Gasteiger partial charge in [0.2, 0.25) is 0 Å². The Morgan fingerprint density at radius 1 is 1.67 bits per heavy atom. The molecule has 0 heterocycles. The third-order valence-electron chi connectivity index (χ3n) is 3.29. The van der Waals surface area contributed by atoms with Gasteiger partial charge in [0.05, 0.1) is 12.4 Å². The Hall–Kier alpha value is -1.12. The second kappa shape index (κ2) is 4.60. The standard InChI is InChI=1S/C12H18O3/c1-4-15-10-7-9(2)12(3,5-6-13)11(14)8-10/h6,8-9H,4-5,7H2,1-3H3. The predicted molar refractivity (Wildman–Crippen MR) is 57.3 cm³/mol. The lowest BCUT2D eigenvalue weighted by Crippen LogP contribution is -2.37. The van der Waals surface area contributed by atoms with Crippen LogP contribution < -0.4 is 0 Å². The lowest BCUT2D eigenvalue weighted by Gasteiger charge is -2.35. The summed E-state index contributed by atoms with van der Waals surface area (Å²) in [6, 6.07) is 0. The van der Waals surface area contributed by atoms with Gasteiger partial charge in [-0.15, -0.1) is 0 Å². The minimum Gasteiger partial charge on any atom is -0.498 e. The zero-order valence-corrected chi connectivity index (χ0v) is 9.58. The van der Waals surface area contributed by atoms with Gasteiger partial charge in [-0.25, -0.2) is 0 Å². The number of rotatable bonds is 4. The SMILES string of the molecule is CCOC1=CC(=O)C(C)(CC=O)C(C)C1. The van der Waals surface area contributed by atoms with Gasteiger partial charge in [-0.05, 0) is 12.8 Å². The first-order valence-electron chi connectivity index (χ1n) is 5.36. The second-order valence-corrected chi connectivity index (χ2v) is 4.30. The first-order chi connectivity index (χ1) is 7.04. The summed E-state index contributed by atoms with van der Waals surface area (Å²) in [5.74, 6) is 0.914. The molecule has 2 unspecified atom stereocenters. The summed E-state index contributed by atoms with van der Waals surface area (Å²) in [5, 5.41) is 0. The van der Waals surface area contributed by atoms with Crippen molar-refractivity contribution in [3.8, 4) is 0 Å². The van der Waals surface area contributed by atoms with Gasteiger partial charge in [0.1, 0.15) is 6.29 Å². The van der Waals surface area contributed by atoms with Gasteiger partial charge in [-0.1, -0.05) is 13.8 Å². The van der Waals surface area contributed by atoms with Crippen LogP contribution in [0, 0.1) is 11.3 Å². The first-order valence-corrected chi connectivity index (χ1v) is 5.36. The number of aldehydes is 1. The van der Waals surface area contributed by atoms with Gasteiger partial charge in [-0.3, -0.25) is 4.79 Å². The van der Waals surface area contributed by atoms with Crippen molar-refractivity contribution in [2.45, 2.75) is 33.6 Å². The van der Waals surface area contributed by atoms with Crippen LogP contribution in [0.5, 0.6) is 0 Å². The van der Waals surface area contributed by atoms with Crippen LogP contribution >= 0.6 is 0 Å². The molecule has 84 valence electrons. The van der Waals surface area contributed by atoms with E-state index in [1.165, 1.54) is 0 Å². The first kappa shape index (κ1) is 12.0. The highest BCUT2D eigenvalue weighted by Crippen LogP contribution is 2.39. The molecule has 0 amide bonds. The average Bonchev–Trinajstić information content (AvgIpc) is 2.16. The maximum Gasteiger partial charge on any atom is 0.165 e. The summed E-state index contributed by atoms with van der Waals surface area (Å²) in [7, 11) is 0. The minimum absolute atomic E-state index is 0.0109. The van der Waals surface area contributed by atoms with Gasteiger partial charge in [0.15, 0.2) is 5.78 Å². The fourth-order valence-electron chi connectivity index (χ4n) is 1.90. The van der Waals surface area contributed by atoms with Crippen LogP contribution in [0.1, 0.15) is 33.6 Å². The zero-order valence-electron chi connectivity index (χ0n) is 9.58. The molecule has 0 saturated heterocycles. The second-order valence-electron chi connectivity index (χ2n) is 4.30. The summed E-state index contributed by atoms with van der Waals surface area (Å²) in [4.78, 5) is 22.5. The van der Waals surface area contributed by atoms with Crippen molar-refractivity contribution in [3.63, 3.8) is 0 Å². The highest BCUT2D eigenvalue weighted by molar-refractivity contribution is 5.97. The number of hydrogen-bond acceptors (Lipinski definition) is 3. The van der Waals surface area contributed by atoms with E-state index in [1.54, 1.807) is 6.08 Å². The Morgan fingerprint density at radius 2 is 2.33 bits per heavy atom. The maximum absolute atomic E-state index is 11.9. The van der Waals surface area contributed by atoms with E-state index >= 15 is 0 Å². The summed E-state index contributed by atoms with van der Waals surface area (Å²) >= 11 is 0. The number of allylic oxidation sites excluding steroid dienone is 2. The molecule has 2 atom stereocenters. The Kier molecular flexibility index (Phi) is 3.66. The molecule has 1 rings (SSSR count). The van der Waals surface area contributed by atoms with Gasteiger partial charge < -0.3 is 9.53 Å². The van der Waals surface area contributed by atoms with E-state index in [9.17, 15) is 9.59 Å². The molecule has 0 N–H and O–H groups in total. The topological polar surface area (TPSA) is 43.4 Å². The summed E-state index contributed by atoms with van der Waals surface area (Å²) < 4.78 is 5.35. The molecule has 15 heavy (non-hydrogen) atoms. The van der Waals surface area contributed by atoms with Crippen molar-refractivity contribution >= 4 is 12.1 Å². The number of carbonyl (C=O) groups is 2. The normalized spacial score (nSPS) is 31.0. The molecule has 0 saturated carbocycles. The van der Waals surface area contributed by atoms with Gasteiger partial charge in [-0.2, -0.15) is 0 Å². The van der Waals surface area contributed by atoms with Crippen molar-refractivity contribution in [2.75, 3.05) is 6.61 Å². The number of ether oxygens (including phenoxy) is 1. The van der Waals surface area contributed by atoms with Crippen LogP contribution in [0.25, 0.3) is 0 Å². The third kappa shape index (κ3) is 2.28. The Bertz CT molecular complexity index is 293. The van der Waals surface area contributed by atoms with Gasteiger partial charge >= 0.3 is 0 Å². The molecule has 0 bridgehead atoms. The van der Waals surface area contributed by atoms with Crippen LogP contribution in [-0.2, 0) is 14.3 Å². The molecular formula is C12H18O3. The summed E-state index contributed by atoms with van der Waals surface area (Å²) in [6.45, 7) is 6.33. The van der Waals surface area contributed by atoms with Crippen molar-refractivity contribution in [1.82, 2.24) is 0 Å². The molecule has 0 aromatic carbocycles. The fraction of sp³-hybridized carbons (Fsp3) is 0.667. The van der Waals surface area contributed by atoms with Gasteiger partial charge in [0.25, 0.3) is 0 Å². The largest absolute Gasteiger partial charge is 0.498 e. The molecule has 1 aliphatic carbocycles. The van der Waals surface area contributed by atoms with Crippen molar-refractivity contribution in [1.29, 1.82) is 0 Å². The smallest absolute Gasteiger partial charge is 0.165 e. The molecule has 3 heteroatoms. The van der Waals surface area contributed by atoms with E-state index in [1.807, 2.05) is 20.8 Å². The average molecular weight is 210 g/mol. The number of carbonyl (C=O) groups excluding carboxylic acids is 2. The van der Waals surface area contributed by atoms with Crippen LogP contribution in [-0.4, -0.2) is 18.7 Å². The Labute approximate surface area is 90.5 Å². The van der Waals surface area contributed by atoms with Crippen molar-refractivity contribution in [2.24, 2.45) is 11.3 Å². The molecule has 0 aliphatic heterocycles. The quantitative estimate of drug-likeness (QED) is 0.667. The Balaban J connectivity index is 2.88. The summed E-state index contributed by atoms with van der Waals surface area (Å²) in [5.41, 5.74) is -0.539. The molecular weight excluding hydrogens is 192 g/mol. The molecule has 0 radical (unpaired) electrons.